The van der Waals surface area contributed by atoms with Gasteiger partial charge in [0.25, 0.3) is 0 Å². The van der Waals surface area contributed by atoms with Crippen LogP contribution in [0.4, 0.5) is 10.1 Å². The Hall–Kier alpha value is -3.54. The van der Waals surface area contributed by atoms with Crippen LogP contribution in [0, 0.1) is 19.7 Å². The van der Waals surface area contributed by atoms with E-state index < -0.39 is 15.8 Å². The van der Waals surface area contributed by atoms with Crippen molar-refractivity contribution in [2.45, 2.75) is 23.9 Å². The smallest absolute Gasteiger partial charge is 0.242 e. The molecule has 1 N–H and O–H groups in total. The van der Waals surface area contributed by atoms with Gasteiger partial charge in [-0.3, -0.25) is 9.36 Å². The van der Waals surface area contributed by atoms with Crippen LogP contribution >= 0.6 is 11.8 Å². The number of nitrogens with one attached hydrogen (secondary N) is 1. The van der Waals surface area contributed by atoms with Crippen molar-refractivity contribution < 1.29 is 17.6 Å². The summed E-state index contributed by atoms with van der Waals surface area (Å²) in [6.07, 6.45) is 0. The van der Waals surface area contributed by atoms with Gasteiger partial charge in [0.05, 0.1) is 10.6 Å². The van der Waals surface area contributed by atoms with E-state index in [2.05, 4.69) is 15.5 Å². The zero-order chi connectivity index (χ0) is 26.7. The summed E-state index contributed by atoms with van der Waals surface area (Å²) in [5.41, 5.74) is 3.80. The predicted octanol–water partition coefficient (Wildman–Crippen LogP) is 4.67. The van der Waals surface area contributed by atoms with Gasteiger partial charge < -0.3 is 5.32 Å². The molecule has 192 valence electrons. The van der Waals surface area contributed by atoms with Crippen molar-refractivity contribution in [3.63, 3.8) is 0 Å². The number of benzene rings is 3. The third-order valence-corrected chi connectivity index (χ3v) is 8.33. The van der Waals surface area contributed by atoms with Crippen LogP contribution in [-0.4, -0.2) is 53.2 Å². The monoisotopic (exact) mass is 539 g/mol. The second kappa shape index (κ2) is 10.8. The highest BCUT2D eigenvalue weighted by atomic mass is 32.2. The van der Waals surface area contributed by atoms with Gasteiger partial charge in [-0.05, 0) is 67.4 Å². The summed E-state index contributed by atoms with van der Waals surface area (Å²) in [6, 6.07) is 18.0. The summed E-state index contributed by atoms with van der Waals surface area (Å²) in [7, 11) is -0.755. The van der Waals surface area contributed by atoms with E-state index in [-0.39, 0.29) is 16.6 Å². The van der Waals surface area contributed by atoms with E-state index in [9.17, 15) is 17.6 Å². The van der Waals surface area contributed by atoms with E-state index in [0.29, 0.717) is 22.2 Å². The highest BCUT2D eigenvalue weighted by Crippen LogP contribution is 2.30. The molecule has 0 aliphatic heterocycles. The number of amides is 1. The van der Waals surface area contributed by atoms with E-state index in [1.165, 1.54) is 50.1 Å². The summed E-state index contributed by atoms with van der Waals surface area (Å²) in [5, 5.41) is 11.9. The molecule has 1 heterocycles. The van der Waals surface area contributed by atoms with Gasteiger partial charge in [0, 0.05) is 31.0 Å². The molecule has 0 aliphatic carbocycles. The zero-order valence-electron chi connectivity index (χ0n) is 20.8. The minimum atomic E-state index is -3.67. The first-order valence-electron chi connectivity index (χ1n) is 11.3. The fourth-order valence-corrected chi connectivity index (χ4v) is 5.27. The van der Waals surface area contributed by atoms with Crippen LogP contribution in [0.1, 0.15) is 11.1 Å². The first kappa shape index (κ1) is 26.5. The number of hydrogen-bond acceptors (Lipinski definition) is 6. The van der Waals surface area contributed by atoms with Crippen LogP contribution in [0.2, 0.25) is 0 Å². The van der Waals surface area contributed by atoms with Crippen molar-refractivity contribution >= 4 is 33.4 Å². The number of carbonyl (C=O) groups is 1. The number of sulfonamides is 1. The highest BCUT2D eigenvalue weighted by Gasteiger charge is 2.21. The number of nitrogens with zero attached hydrogens (tertiary/aromatic N) is 4. The van der Waals surface area contributed by atoms with Crippen molar-refractivity contribution in [1.82, 2.24) is 19.1 Å². The van der Waals surface area contributed by atoms with Gasteiger partial charge in [-0.15, -0.1) is 10.2 Å². The second-order valence-corrected chi connectivity index (χ2v) is 11.7. The number of anilines is 1. The Balaban J connectivity index is 1.68. The second-order valence-electron chi connectivity index (χ2n) is 8.59. The SMILES string of the molecule is Cc1ccc(C)c(NC(=O)CSc2nnc(-c3cccc(S(=O)(=O)N(C)C)c3)n2-c2ccc(F)cc2)c1. The van der Waals surface area contributed by atoms with Gasteiger partial charge >= 0.3 is 0 Å². The number of thioether (sulfide) groups is 1. The van der Waals surface area contributed by atoms with Crippen molar-refractivity contribution in [1.29, 1.82) is 0 Å². The molecule has 0 unspecified atom stereocenters. The maximum absolute atomic E-state index is 13.7. The van der Waals surface area contributed by atoms with Crippen LogP contribution in [0.15, 0.2) is 76.8 Å². The predicted molar refractivity (Wildman–Crippen MR) is 143 cm³/mol. The molecule has 4 rings (SSSR count). The average Bonchev–Trinajstić information content (AvgIpc) is 3.29. The Morgan fingerprint density at radius 2 is 1.76 bits per heavy atom. The molecule has 0 spiro atoms. The minimum Gasteiger partial charge on any atom is -0.325 e. The number of carbonyl (C=O) groups excluding carboxylic acids is 1. The third kappa shape index (κ3) is 5.90. The topological polar surface area (TPSA) is 97.2 Å². The lowest BCUT2D eigenvalue weighted by Crippen LogP contribution is -2.22. The van der Waals surface area contributed by atoms with Crippen molar-refractivity contribution in [3.05, 3.63) is 83.7 Å². The first-order valence-corrected chi connectivity index (χ1v) is 13.7. The number of rotatable bonds is 8. The summed E-state index contributed by atoms with van der Waals surface area (Å²) in [5.74, 6) is -0.200. The Labute approximate surface area is 219 Å². The van der Waals surface area contributed by atoms with Crippen LogP contribution in [0.3, 0.4) is 0 Å². The largest absolute Gasteiger partial charge is 0.325 e. The molecular weight excluding hydrogens is 513 g/mol. The normalized spacial score (nSPS) is 11.6. The van der Waals surface area contributed by atoms with Crippen LogP contribution in [-0.2, 0) is 14.8 Å². The molecule has 11 heteroatoms. The summed E-state index contributed by atoms with van der Waals surface area (Å²) >= 11 is 1.17. The Morgan fingerprint density at radius 1 is 1.03 bits per heavy atom. The molecule has 0 radical (unpaired) electrons. The Bertz CT molecular complexity index is 1550. The third-order valence-electron chi connectivity index (χ3n) is 5.59. The molecule has 0 atom stereocenters. The van der Waals surface area contributed by atoms with Crippen molar-refractivity contribution in [2.75, 3.05) is 25.2 Å². The van der Waals surface area contributed by atoms with Gasteiger partial charge in [0.1, 0.15) is 5.82 Å². The molecule has 4 aromatic rings. The van der Waals surface area contributed by atoms with Crippen LogP contribution < -0.4 is 5.32 Å². The van der Waals surface area contributed by atoms with Gasteiger partial charge in [0.15, 0.2) is 11.0 Å². The lowest BCUT2D eigenvalue weighted by atomic mass is 10.1. The zero-order valence-corrected chi connectivity index (χ0v) is 22.4. The number of hydrogen-bond donors (Lipinski definition) is 1. The maximum atomic E-state index is 13.7. The minimum absolute atomic E-state index is 0.0573. The fourth-order valence-electron chi connectivity index (χ4n) is 3.57. The molecule has 37 heavy (non-hydrogen) atoms. The average molecular weight is 540 g/mol. The Kier molecular flexibility index (Phi) is 7.76. The molecule has 0 bridgehead atoms. The molecular formula is C26H26FN5O3S2. The van der Waals surface area contributed by atoms with Gasteiger partial charge in [0.2, 0.25) is 15.9 Å². The molecule has 1 aromatic heterocycles. The number of aromatic nitrogens is 3. The highest BCUT2D eigenvalue weighted by molar-refractivity contribution is 7.99. The first-order chi connectivity index (χ1) is 17.6. The lowest BCUT2D eigenvalue weighted by molar-refractivity contribution is -0.113. The molecule has 0 fully saturated rings. The maximum Gasteiger partial charge on any atom is 0.242 e. The molecule has 1 amide bonds. The molecule has 0 saturated heterocycles. The Morgan fingerprint density at radius 3 is 2.46 bits per heavy atom. The number of aryl methyl sites for hydroxylation is 2. The molecule has 0 saturated carbocycles. The van der Waals surface area contributed by atoms with Gasteiger partial charge in [-0.25, -0.2) is 17.1 Å². The fraction of sp³-hybridized carbons (Fsp3) is 0.192. The van der Waals surface area contributed by atoms with Gasteiger partial charge in [-0.1, -0.05) is 36.0 Å². The molecule has 0 aliphatic rings. The summed E-state index contributed by atoms with van der Waals surface area (Å²) in [6.45, 7) is 3.87. The van der Waals surface area contributed by atoms with E-state index in [4.69, 9.17) is 0 Å². The quantitative estimate of drug-likeness (QED) is 0.327. The van der Waals surface area contributed by atoms with Crippen LogP contribution in [0.25, 0.3) is 17.1 Å². The van der Waals surface area contributed by atoms with E-state index in [0.717, 1.165) is 21.1 Å². The standard InChI is InChI=1S/C26H26FN5O3S2/c1-17-8-9-18(2)23(14-17)28-24(33)16-36-26-30-29-25(32(26)21-12-10-20(27)11-13-21)19-6-5-7-22(15-19)37(34,35)31(3)4/h5-15H,16H2,1-4H3,(H,28,33). The van der Waals surface area contributed by atoms with E-state index in [1.54, 1.807) is 28.8 Å². The van der Waals surface area contributed by atoms with Crippen molar-refractivity contribution in [2.24, 2.45) is 0 Å². The van der Waals surface area contributed by atoms with E-state index >= 15 is 0 Å². The summed E-state index contributed by atoms with van der Waals surface area (Å²) in [4.78, 5) is 12.8. The molecule has 8 nitrogen and oxygen atoms in total. The summed E-state index contributed by atoms with van der Waals surface area (Å²) < 4.78 is 41.8. The lowest BCUT2D eigenvalue weighted by Gasteiger charge is -2.13. The van der Waals surface area contributed by atoms with Crippen molar-refractivity contribution in [3.8, 4) is 17.1 Å². The van der Waals surface area contributed by atoms with E-state index in [1.807, 2.05) is 32.0 Å². The number of halogens is 1. The molecule has 3 aromatic carbocycles. The van der Waals surface area contributed by atoms with Gasteiger partial charge in [-0.2, -0.15) is 0 Å². The van der Waals surface area contributed by atoms with Crippen LogP contribution in [0.5, 0.6) is 0 Å².